The minimum absolute atomic E-state index is 0.0146. The maximum Gasteiger partial charge on any atom is 0.183 e. The van der Waals surface area contributed by atoms with Crippen molar-refractivity contribution in [1.82, 2.24) is 39.6 Å². The van der Waals surface area contributed by atoms with Gasteiger partial charge in [0.15, 0.2) is 17.0 Å². The van der Waals surface area contributed by atoms with E-state index in [0.29, 0.717) is 30.1 Å². The van der Waals surface area contributed by atoms with E-state index in [1.165, 1.54) is 11.9 Å². The number of aromatic nitrogens is 7. The van der Waals surface area contributed by atoms with Gasteiger partial charge < -0.3 is 10.1 Å². The topological polar surface area (TPSA) is 98.8 Å². The summed E-state index contributed by atoms with van der Waals surface area (Å²) in [5.41, 5.74) is 3.48. The Labute approximate surface area is 173 Å². The molecule has 0 unspecified atom stereocenters. The molecule has 0 radical (unpaired) electrons. The van der Waals surface area contributed by atoms with Crippen LogP contribution in [0.25, 0.3) is 11.2 Å². The molecule has 4 aromatic rings. The Hall–Kier alpha value is -3.37. The second kappa shape index (κ2) is 8.17. The second-order valence-corrected chi connectivity index (χ2v) is 7.41. The summed E-state index contributed by atoms with van der Waals surface area (Å²) in [5, 5.41) is 16.2. The lowest BCUT2D eigenvalue weighted by Crippen LogP contribution is -2.43. The number of benzene rings is 1. The van der Waals surface area contributed by atoms with Crippen LogP contribution >= 0.6 is 0 Å². The zero-order valence-corrected chi connectivity index (χ0v) is 16.7. The molecule has 5 rings (SSSR count). The molecule has 10 heteroatoms. The smallest absolute Gasteiger partial charge is 0.183 e. The number of para-hydroxylation sites is 1. The van der Waals surface area contributed by atoms with Crippen molar-refractivity contribution in [3.63, 3.8) is 0 Å². The molecule has 1 fully saturated rings. The number of hydrogen-bond donors (Lipinski definition) is 1. The average Bonchev–Trinajstić information content (AvgIpc) is 3.36. The molecule has 0 spiro atoms. The third-order valence-electron chi connectivity index (χ3n) is 5.10. The normalized spacial score (nSPS) is 17.4. The van der Waals surface area contributed by atoms with Gasteiger partial charge >= 0.3 is 0 Å². The number of ether oxygens (including phenoxy) is 1. The quantitative estimate of drug-likeness (QED) is 0.516. The Morgan fingerprint density at radius 2 is 2.10 bits per heavy atom. The van der Waals surface area contributed by atoms with Crippen LogP contribution in [0.4, 0.5) is 11.5 Å². The highest BCUT2D eigenvalue weighted by molar-refractivity contribution is 5.84. The van der Waals surface area contributed by atoms with Gasteiger partial charge in [-0.2, -0.15) is 5.10 Å². The fraction of sp³-hybridized carbons (Fsp3) is 0.350. The van der Waals surface area contributed by atoms with E-state index in [4.69, 9.17) is 4.74 Å². The molecular weight excluding hydrogens is 382 g/mol. The predicted octanol–water partition coefficient (Wildman–Crippen LogP) is 1.60. The average molecular weight is 405 g/mol. The second-order valence-electron chi connectivity index (χ2n) is 7.41. The summed E-state index contributed by atoms with van der Waals surface area (Å²) in [6.07, 6.45) is 5.51. The molecule has 1 aromatic carbocycles. The van der Waals surface area contributed by atoms with Crippen LogP contribution in [0.1, 0.15) is 5.56 Å². The van der Waals surface area contributed by atoms with E-state index >= 15 is 0 Å². The summed E-state index contributed by atoms with van der Waals surface area (Å²) in [6.45, 7) is 3.85. The monoisotopic (exact) mass is 405 g/mol. The van der Waals surface area contributed by atoms with Gasteiger partial charge in [0.25, 0.3) is 0 Å². The number of nitrogens with zero attached hydrogens (tertiary/aromatic N) is 8. The summed E-state index contributed by atoms with van der Waals surface area (Å²) >= 11 is 0. The Balaban J connectivity index is 1.30. The fourth-order valence-electron chi connectivity index (χ4n) is 3.70. The summed E-state index contributed by atoms with van der Waals surface area (Å²) in [5.74, 6) is 0.639. The molecule has 0 saturated carbocycles. The third kappa shape index (κ3) is 4.00. The summed E-state index contributed by atoms with van der Waals surface area (Å²) in [4.78, 5) is 11.1. The van der Waals surface area contributed by atoms with Crippen LogP contribution in [0.2, 0.25) is 0 Å². The number of nitrogens with one attached hydrogen (secondary N) is 1. The molecule has 0 amide bonds. The number of aryl methyl sites for hydroxylation is 1. The standard InChI is InChI=1S/C20H23N9O/c1-27-10-15(9-23-27)11-28-7-8-30-17(12-28)13-29-20-18(25-26-29)19(21-14-22-20)24-16-5-3-2-4-6-16/h2-6,9-10,14,17H,7-8,11-13H2,1H3,(H,21,22,24)/t17-/m0/s1. The largest absolute Gasteiger partial charge is 0.374 e. The molecule has 10 nitrogen and oxygen atoms in total. The van der Waals surface area contributed by atoms with E-state index in [-0.39, 0.29) is 6.10 Å². The Kier molecular flexibility index (Phi) is 5.08. The van der Waals surface area contributed by atoms with Crippen LogP contribution in [0, 0.1) is 0 Å². The lowest BCUT2D eigenvalue weighted by atomic mass is 10.2. The van der Waals surface area contributed by atoms with Crippen molar-refractivity contribution in [3.8, 4) is 0 Å². The van der Waals surface area contributed by atoms with E-state index in [2.05, 4.69) is 35.6 Å². The van der Waals surface area contributed by atoms with E-state index in [0.717, 1.165) is 25.3 Å². The molecule has 1 aliphatic rings. The van der Waals surface area contributed by atoms with Crippen molar-refractivity contribution in [2.75, 3.05) is 25.0 Å². The Morgan fingerprint density at radius 1 is 1.20 bits per heavy atom. The van der Waals surface area contributed by atoms with Gasteiger partial charge in [0, 0.05) is 44.1 Å². The summed E-state index contributed by atoms with van der Waals surface area (Å²) < 4.78 is 9.62. The summed E-state index contributed by atoms with van der Waals surface area (Å²) in [7, 11) is 1.93. The fourth-order valence-corrected chi connectivity index (χ4v) is 3.70. The van der Waals surface area contributed by atoms with Gasteiger partial charge in [0.1, 0.15) is 6.33 Å². The number of fused-ring (bicyclic) bond motifs is 1. The van der Waals surface area contributed by atoms with Gasteiger partial charge in [-0.15, -0.1) is 5.10 Å². The molecule has 4 heterocycles. The first-order valence-electron chi connectivity index (χ1n) is 9.92. The first-order valence-corrected chi connectivity index (χ1v) is 9.92. The summed E-state index contributed by atoms with van der Waals surface area (Å²) in [6, 6.07) is 9.86. The first kappa shape index (κ1) is 18.6. The van der Waals surface area contributed by atoms with Crippen molar-refractivity contribution in [2.24, 2.45) is 7.05 Å². The predicted molar refractivity (Wildman–Crippen MR) is 111 cm³/mol. The first-order chi connectivity index (χ1) is 14.7. The maximum atomic E-state index is 5.99. The molecule has 0 bridgehead atoms. The van der Waals surface area contributed by atoms with Crippen molar-refractivity contribution in [2.45, 2.75) is 19.2 Å². The molecule has 1 aliphatic heterocycles. The van der Waals surface area contributed by atoms with Gasteiger partial charge in [-0.3, -0.25) is 9.58 Å². The maximum absolute atomic E-state index is 5.99. The van der Waals surface area contributed by atoms with Crippen LogP contribution < -0.4 is 5.32 Å². The van der Waals surface area contributed by atoms with E-state index in [9.17, 15) is 0 Å². The van der Waals surface area contributed by atoms with Crippen LogP contribution in [-0.4, -0.2) is 65.4 Å². The highest BCUT2D eigenvalue weighted by atomic mass is 16.5. The number of morpholine rings is 1. The minimum Gasteiger partial charge on any atom is -0.374 e. The van der Waals surface area contributed by atoms with Crippen molar-refractivity contribution < 1.29 is 4.74 Å². The van der Waals surface area contributed by atoms with Crippen LogP contribution in [0.15, 0.2) is 49.1 Å². The molecule has 30 heavy (non-hydrogen) atoms. The van der Waals surface area contributed by atoms with Gasteiger partial charge in [-0.25, -0.2) is 14.6 Å². The number of anilines is 2. The van der Waals surface area contributed by atoms with Crippen LogP contribution in [0.5, 0.6) is 0 Å². The minimum atomic E-state index is 0.0146. The van der Waals surface area contributed by atoms with Gasteiger partial charge in [-0.1, -0.05) is 23.4 Å². The molecule has 1 N–H and O–H groups in total. The zero-order chi connectivity index (χ0) is 20.3. The molecule has 0 aliphatic carbocycles. The van der Waals surface area contributed by atoms with Crippen molar-refractivity contribution in [1.29, 1.82) is 0 Å². The molecular formula is C20H23N9O. The zero-order valence-electron chi connectivity index (χ0n) is 16.7. The lowest BCUT2D eigenvalue weighted by Gasteiger charge is -2.32. The SMILES string of the molecule is Cn1cc(CN2CCO[C@H](Cn3nnc4c(Nc5ccccc5)ncnc43)C2)cn1. The molecule has 3 aromatic heterocycles. The van der Waals surface area contributed by atoms with Crippen molar-refractivity contribution >= 4 is 22.7 Å². The number of hydrogen-bond acceptors (Lipinski definition) is 8. The van der Waals surface area contributed by atoms with E-state index < -0.39 is 0 Å². The van der Waals surface area contributed by atoms with Gasteiger partial charge in [-0.05, 0) is 12.1 Å². The van der Waals surface area contributed by atoms with E-state index in [1.54, 1.807) is 4.68 Å². The molecule has 154 valence electrons. The molecule has 1 saturated heterocycles. The van der Waals surface area contributed by atoms with E-state index in [1.807, 2.05) is 54.5 Å². The highest BCUT2D eigenvalue weighted by Crippen LogP contribution is 2.21. The third-order valence-corrected chi connectivity index (χ3v) is 5.10. The Bertz CT molecular complexity index is 1120. The lowest BCUT2D eigenvalue weighted by molar-refractivity contribution is -0.0399. The van der Waals surface area contributed by atoms with Crippen molar-refractivity contribution in [3.05, 3.63) is 54.6 Å². The number of rotatable bonds is 6. The van der Waals surface area contributed by atoms with Crippen LogP contribution in [0.3, 0.4) is 0 Å². The Morgan fingerprint density at radius 3 is 2.93 bits per heavy atom. The van der Waals surface area contributed by atoms with Gasteiger partial charge in [0.2, 0.25) is 0 Å². The van der Waals surface area contributed by atoms with Crippen LogP contribution in [-0.2, 0) is 24.9 Å². The molecule has 1 atom stereocenters. The van der Waals surface area contributed by atoms with Gasteiger partial charge in [0.05, 0.1) is 25.5 Å². The highest BCUT2D eigenvalue weighted by Gasteiger charge is 2.23.